The lowest BCUT2D eigenvalue weighted by molar-refractivity contribution is -0.210. The summed E-state index contributed by atoms with van der Waals surface area (Å²) in [5.41, 5.74) is 6.70. The van der Waals surface area contributed by atoms with Crippen LogP contribution in [0.5, 0.6) is 0 Å². The molecule has 3 saturated carbocycles. The smallest absolute Gasteiger partial charge is 0.256 e. The maximum Gasteiger partial charge on any atom is 0.256 e. The van der Waals surface area contributed by atoms with E-state index in [2.05, 4.69) is 34.1 Å². The number of rotatable bonds is 7. The van der Waals surface area contributed by atoms with Gasteiger partial charge >= 0.3 is 0 Å². The molecular weight excluding hydrogens is 478 g/mol. The molecule has 1 amide bonds. The molecule has 5 fully saturated rings. The first-order valence-electron chi connectivity index (χ1n) is 15.5. The van der Waals surface area contributed by atoms with Crippen LogP contribution in [-0.2, 0) is 14.3 Å². The Hall–Kier alpha value is -1.48. The van der Waals surface area contributed by atoms with E-state index in [1.54, 1.807) is 0 Å². The lowest BCUT2D eigenvalue weighted by atomic mass is 9.65. The van der Waals surface area contributed by atoms with Crippen molar-refractivity contribution in [1.29, 1.82) is 0 Å². The molecule has 0 bridgehead atoms. The molecule has 3 aliphatic carbocycles. The number of ketones is 1. The summed E-state index contributed by atoms with van der Waals surface area (Å²) in [4.78, 5) is 34.4. The van der Waals surface area contributed by atoms with Gasteiger partial charge in [-0.25, -0.2) is 0 Å². The van der Waals surface area contributed by atoms with E-state index in [0.29, 0.717) is 18.2 Å². The Balaban J connectivity index is 1.25. The number of fused-ring (bicyclic) bond motifs is 3. The van der Waals surface area contributed by atoms with Crippen LogP contribution in [-0.4, -0.2) is 103 Å². The largest absolute Gasteiger partial charge is 0.369 e. The zero-order chi connectivity index (χ0) is 26.4. The second-order valence-electron chi connectivity index (χ2n) is 13.4. The highest BCUT2D eigenvalue weighted by Gasteiger charge is 2.58. The van der Waals surface area contributed by atoms with Crippen molar-refractivity contribution in [2.24, 2.45) is 23.5 Å². The van der Waals surface area contributed by atoms with Crippen molar-refractivity contribution in [2.75, 3.05) is 40.3 Å². The summed E-state index contributed by atoms with van der Waals surface area (Å²) in [7, 11) is 4.13. The van der Waals surface area contributed by atoms with E-state index < -0.39 is 0 Å². The summed E-state index contributed by atoms with van der Waals surface area (Å²) in [6.45, 7) is 3.56. The summed E-state index contributed by atoms with van der Waals surface area (Å²) >= 11 is 0. The van der Waals surface area contributed by atoms with Crippen LogP contribution in [0.1, 0.15) is 70.6 Å². The lowest BCUT2D eigenvalue weighted by Crippen LogP contribution is -2.71. The zero-order valence-electron chi connectivity index (χ0n) is 23.5. The van der Waals surface area contributed by atoms with Crippen LogP contribution in [0.2, 0.25) is 0 Å². The molecule has 3 N–H and O–H groups in total. The first kappa shape index (κ1) is 26.7. The first-order chi connectivity index (χ1) is 18.4. The third-order valence-electron chi connectivity index (χ3n) is 10.7. The van der Waals surface area contributed by atoms with E-state index in [9.17, 15) is 9.59 Å². The Morgan fingerprint density at radius 1 is 1.08 bits per heavy atom. The van der Waals surface area contributed by atoms with Gasteiger partial charge in [0.1, 0.15) is 0 Å². The number of unbranched alkanes of at least 4 members (excludes halogenated alkanes) is 1. The fraction of sp³-hybridized carbons (Fsp3) is 0.867. The Morgan fingerprint density at radius 3 is 2.61 bits per heavy atom. The molecule has 2 saturated heterocycles. The van der Waals surface area contributed by atoms with Gasteiger partial charge in [-0.3, -0.25) is 14.5 Å². The van der Waals surface area contributed by atoms with Gasteiger partial charge in [0.15, 0.2) is 5.78 Å². The van der Waals surface area contributed by atoms with Crippen molar-refractivity contribution in [2.45, 2.75) is 107 Å². The third-order valence-corrected chi connectivity index (χ3v) is 10.7. The first-order valence-corrected chi connectivity index (χ1v) is 15.5. The minimum Gasteiger partial charge on any atom is -0.369 e. The maximum atomic E-state index is 13.8. The topological polar surface area (TPSA) is 91.1 Å². The quantitative estimate of drug-likeness (QED) is 0.387. The van der Waals surface area contributed by atoms with E-state index in [1.807, 2.05) is 6.20 Å². The Bertz CT molecular complexity index is 924. The summed E-state index contributed by atoms with van der Waals surface area (Å²) < 4.78 is 7.08. The number of carbonyl (C=O) groups excluding carboxylic acids is 2. The van der Waals surface area contributed by atoms with Crippen molar-refractivity contribution in [1.82, 2.24) is 20.0 Å². The van der Waals surface area contributed by atoms with Gasteiger partial charge in [0.25, 0.3) is 5.91 Å². The van der Waals surface area contributed by atoms with Gasteiger partial charge in [0.2, 0.25) is 0 Å². The van der Waals surface area contributed by atoms with Gasteiger partial charge in [0, 0.05) is 43.8 Å². The Kier molecular flexibility index (Phi) is 7.87. The molecule has 38 heavy (non-hydrogen) atoms. The molecule has 6 rings (SSSR count). The SMILES string of the molecule is CN(C)CCCCNC(=O)C1=CN2C3CC4CCCCC4CC3OC3C(N4CCC(N)C4)CCC(C1=O)C32. The number of ether oxygens (including phenoxy) is 1. The minimum absolute atomic E-state index is 0.0104. The molecule has 8 heteroatoms. The second-order valence-corrected chi connectivity index (χ2v) is 13.4. The highest BCUT2D eigenvalue weighted by Crippen LogP contribution is 2.50. The Morgan fingerprint density at radius 2 is 1.87 bits per heavy atom. The fourth-order valence-electron chi connectivity index (χ4n) is 8.80. The van der Waals surface area contributed by atoms with Crippen LogP contribution in [0.4, 0.5) is 0 Å². The number of hydrogen-bond donors (Lipinski definition) is 2. The van der Waals surface area contributed by atoms with Crippen molar-refractivity contribution < 1.29 is 14.3 Å². The van der Waals surface area contributed by atoms with Crippen LogP contribution in [0, 0.1) is 17.8 Å². The molecule has 3 heterocycles. The van der Waals surface area contributed by atoms with Crippen LogP contribution in [0.25, 0.3) is 0 Å². The minimum atomic E-state index is -0.183. The molecule has 8 nitrogen and oxygen atoms in total. The molecule has 6 aliphatic rings. The molecule has 0 aromatic heterocycles. The number of nitrogens with two attached hydrogens (primary N) is 1. The summed E-state index contributed by atoms with van der Waals surface area (Å²) in [6.07, 6.45) is 14.5. The van der Waals surface area contributed by atoms with E-state index in [1.165, 1.54) is 25.7 Å². The average Bonchev–Trinajstić information content (AvgIpc) is 3.34. The van der Waals surface area contributed by atoms with Crippen LogP contribution in [0.15, 0.2) is 11.8 Å². The predicted molar refractivity (Wildman–Crippen MR) is 147 cm³/mol. The molecule has 0 radical (unpaired) electrons. The van der Waals surface area contributed by atoms with Crippen molar-refractivity contribution in [3.8, 4) is 0 Å². The number of amides is 1. The number of carbonyl (C=O) groups is 2. The molecular formula is C30H49N5O3. The molecule has 212 valence electrons. The highest BCUT2D eigenvalue weighted by atomic mass is 16.5. The van der Waals surface area contributed by atoms with Gasteiger partial charge in [0.05, 0.1) is 29.9 Å². The van der Waals surface area contributed by atoms with Gasteiger partial charge in [-0.2, -0.15) is 0 Å². The zero-order valence-corrected chi connectivity index (χ0v) is 23.5. The van der Waals surface area contributed by atoms with E-state index in [0.717, 1.165) is 76.4 Å². The Labute approximate surface area is 228 Å². The van der Waals surface area contributed by atoms with Gasteiger partial charge in [-0.1, -0.05) is 25.7 Å². The summed E-state index contributed by atoms with van der Waals surface area (Å²) in [6, 6.07) is 0.856. The number of morpholine rings is 1. The van der Waals surface area contributed by atoms with E-state index in [4.69, 9.17) is 10.5 Å². The van der Waals surface area contributed by atoms with Crippen molar-refractivity contribution >= 4 is 11.7 Å². The van der Waals surface area contributed by atoms with Gasteiger partial charge in [-0.05, 0) is 77.4 Å². The van der Waals surface area contributed by atoms with Crippen molar-refractivity contribution in [3.63, 3.8) is 0 Å². The molecule has 0 spiro atoms. The van der Waals surface area contributed by atoms with Crippen LogP contribution < -0.4 is 11.1 Å². The number of Topliss-reactive ketones (excluding diaryl/α,β-unsaturated/α-hetero) is 1. The number of likely N-dealkylation sites (tertiary alicyclic amines) is 1. The van der Waals surface area contributed by atoms with Gasteiger partial charge < -0.3 is 25.6 Å². The molecule has 0 aromatic carbocycles. The van der Waals surface area contributed by atoms with E-state index >= 15 is 0 Å². The monoisotopic (exact) mass is 527 g/mol. The maximum absolute atomic E-state index is 13.8. The lowest BCUT2D eigenvalue weighted by Gasteiger charge is -2.61. The third kappa shape index (κ3) is 5.06. The standard InChI is InChI=1S/C30H49N5O3/c1-33(2)13-6-5-12-32-30(37)23-18-35-25-15-19-7-3-4-8-20(19)16-26(25)38-29-24(34-14-11-21(31)17-34)10-9-22(27(29)35)28(23)36/h18-22,24-27,29H,3-17,31H2,1-2H3,(H,32,37). The molecule has 9 atom stereocenters. The van der Waals surface area contributed by atoms with E-state index in [-0.39, 0.29) is 47.9 Å². The average molecular weight is 528 g/mol. The van der Waals surface area contributed by atoms with Gasteiger partial charge in [-0.15, -0.1) is 0 Å². The molecule has 3 aliphatic heterocycles. The second kappa shape index (κ2) is 11.2. The number of nitrogens with zero attached hydrogens (tertiary/aromatic N) is 3. The molecule has 0 aromatic rings. The fourth-order valence-corrected chi connectivity index (χ4v) is 8.80. The number of hydrogen-bond acceptors (Lipinski definition) is 7. The number of nitrogens with one attached hydrogen (secondary N) is 1. The van der Waals surface area contributed by atoms with Crippen molar-refractivity contribution in [3.05, 3.63) is 11.8 Å². The molecule has 9 unspecified atom stereocenters. The predicted octanol–water partition coefficient (Wildman–Crippen LogP) is 2.13. The summed E-state index contributed by atoms with van der Waals surface area (Å²) in [5, 5.41) is 3.07. The highest BCUT2D eigenvalue weighted by molar-refractivity contribution is 6.20. The summed E-state index contributed by atoms with van der Waals surface area (Å²) in [5.74, 6) is 1.21. The normalized spacial score (nSPS) is 40.8. The van der Waals surface area contributed by atoms with Crippen LogP contribution in [0.3, 0.4) is 0 Å². The van der Waals surface area contributed by atoms with Crippen LogP contribution >= 0.6 is 0 Å².